The first kappa shape index (κ1) is 12.1. The predicted molar refractivity (Wildman–Crippen MR) is 82.0 cm³/mol. The van der Waals surface area contributed by atoms with Crippen LogP contribution >= 0.6 is 0 Å². The summed E-state index contributed by atoms with van der Waals surface area (Å²) in [5, 5.41) is 0. The molecule has 1 aliphatic rings. The lowest BCUT2D eigenvalue weighted by molar-refractivity contribution is 0.617. The van der Waals surface area contributed by atoms with Crippen LogP contribution in [0.2, 0.25) is 0 Å². The number of benzene rings is 2. The van der Waals surface area contributed by atoms with E-state index in [0.29, 0.717) is 6.04 Å². The number of para-hydroxylation sites is 1. The summed E-state index contributed by atoms with van der Waals surface area (Å²) in [6.45, 7) is 4.43. The number of nitrogens with zero attached hydrogens (tertiary/aromatic N) is 1. The van der Waals surface area contributed by atoms with Gasteiger partial charge in [0.2, 0.25) is 0 Å². The first-order chi connectivity index (χ1) is 9.16. The topological polar surface area (TPSA) is 29.3 Å². The molecule has 19 heavy (non-hydrogen) atoms. The summed E-state index contributed by atoms with van der Waals surface area (Å²) in [6.07, 6.45) is 2.36. The maximum absolute atomic E-state index is 5.87. The van der Waals surface area contributed by atoms with Crippen LogP contribution in [0.1, 0.15) is 24.5 Å². The molecule has 1 atom stereocenters. The molecule has 1 aliphatic heterocycles. The summed E-state index contributed by atoms with van der Waals surface area (Å²) in [6, 6.07) is 15.4. The highest BCUT2D eigenvalue weighted by molar-refractivity contribution is 5.72. The molecule has 0 saturated carbocycles. The molecular weight excluding hydrogens is 232 g/mol. The Labute approximate surface area is 114 Å². The van der Waals surface area contributed by atoms with Crippen molar-refractivity contribution in [3.8, 4) is 0 Å². The van der Waals surface area contributed by atoms with Crippen LogP contribution in [-0.2, 0) is 6.42 Å². The van der Waals surface area contributed by atoms with Crippen LogP contribution in [0, 0.1) is 6.92 Å². The van der Waals surface area contributed by atoms with Gasteiger partial charge in [-0.1, -0.05) is 18.2 Å². The van der Waals surface area contributed by atoms with Crippen molar-refractivity contribution in [2.24, 2.45) is 0 Å². The molecule has 3 rings (SSSR count). The van der Waals surface area contributed by atoms with Crippen LogP contribution < -0.4 is 10.6 Å². The third-order valence-electron chi connectivity index (χ3n) is 4.00. The van der Waals surface area contributed by atoms with Gasteiger partial charge in [-0.05, 0) is 62.1 Å². The molecule has 0 radical (unpaired) electrons. The molecular formula is C17H20N2. The average molecular weight is 252 g/mol. The summed E-state index contributed by atoms with van der Waals surface area (Å²) in [5.74, 6) is 0. The number of hydrogen-bond acceptors (Lipinski definition) is 2. The number of fused-ring (bicyclic) bond motifs is 1. The first-order valence-electron chi connectivity index (χ1n) is 6.90. The number of rotatable bonds is 1. The molecule has 0 aliphatic carbocycles. The number of nitrogen functional groups attached to an aromatic ring is 1. The zero-order valence-electron chi connectivity index (χ0n) is 11.6. The van der Waals surface area contributed by atoms with Crippen molar-refractivity contribution in [3.63, 3.8) is 0 Å². The molecule has 1 heterocycles. The van der Waals surface area contributed by atoms with Gasteiger partial charge in [-0.25, -0.2) is 0 Å². The van der Waals surface area contributed by atoms with E-state index in [4.69, 9.17) is 5.73 Å². The van der Waals surface area contributed by atoms with Crippen molar-refractivity contribution in [1.29, 1.82) is 0 Å². The summed E-state index contributed by atoms with van der Waals surface area (Å²) >= 11 is 0. The maximum atomic E-state index is 5.87. The Morgan fingerprint density at radius 2 is 1.89 bits per heavy atom. The lowest BCUT2D eigenvalue weighted by Crippen LogP contribution is -2.33. The lowest BCUT2D eigenvalue weighted by Gasteiger charge is -2.38. The highest BCUT2D eigenvalue weighted by Crippen LogP contribution is 2.38. The first-order valence-corrected chi connectivity index (χ1v) is 6.90. The standard InChI is InChI=1S/C17H20N2/c1-12-11-15(18)9-10-16(12)19-13(2)7-8-14-5-3-4-6-17(14)19/h3-6,9-11,13H,7-8,18H2,1-2H3. The van der Waals surface area contributed by atoms with E-state index in [-0.39, 0.29) is 0 Å². The van der Waals surface area contributed by atoms with Crippen LogP contribution in [0.5, 0.6) is 0 Å². The van der Waals surface area contributed by atoms with E-state index in [2.05, 4.69) is 55.1 Å². The highest BCUT2D eigenvalue weighted by Gasteiger charge is 2.24. The fourth-order valence-corrected chi connectivity index (χ4v) is 3.00. The normalized spacial score (nSPS) is 18.2. The Morgan fingerprint density at radius 1 is 1.11 bits per heavy atom. The van der Waals surface area contributed by atoms with Crippen molar-refractivity contribution in [1.82, 2.24) is 0 Å². The van der Waals surface area contributed by atoms with Gasteiger partial charge in [0, 0.05) is 23.1 Å². The summed E-state index contributed by atoms with van der Waals surface area (Å²) < 4.78 is 0. The van der Waals surface area contributed by atoms with Crippen molar-refractivity contribution in [3.05, 3.63) is 53.6 Å². The number of nitrogens with two attached hydrogens (primary N) is 1. The molecule has 0 bridgehead atoms. The molecule has 0 spiro atoms. The highest BCUT2D eigenvalue weighted by atomic mass is 15.2. The predicted octanol–water partition coefficient (Wildman–Crippen LogP) is 4.05. The van der Waals surface area contributed by atoms with Gasteiger partial charge >= 0.3 is 0 Å². The largest absolute Gasteiger partial charge is 0.399 e. The van der Waals surface area contributed by atoms with Crippen LogP contribution in [0.15, 0.2) is 42.5 Å². The van der Waals surface area contributed by atoms with Gasteiger partial charge in [0.25, 0.3) is 0 Å². The van der Waals surface area contributed by atoms with Crippen molar-refractivity contribution in [2.45, 2.75) is 32.7 Å². The van der Waals surface area contributed by atoms with E-state index >= 15 is 0 Å². The average Bonchev–Trinajstić information content (AvgIpc) is 2.40. The third kappa shape index (κ3) is 2.07. The second kappa shape index (κ2) is 4.61. The number of anilines is 3. The molecule has 0 saturated heterocycles. The summed E-state index contributed by atoms with van der Waals surface area (Å²) in [5.41, 5.74) is 12.0. The van der Waals surface area contributed by atoms with Crippen molar-refractivity contribution >= 4 is 17.1 Å². The second-order valence-corrected chi connectivity index (χ2v) is 5.43. The maximum Gasteiger partial charge on any atom is 0.0445 e. The SMILES string of the molecule is Cc1cc(N)ccc1N1c2ccccc2CCC1C. The fourth-order valence-electron chi connectivity index (χ4n) is 3.00. The smallest absolute Gasteiger partial charge is 0.0445 e. The van der Waals surface area contributed by atoms with E-state index in [1.54, 1.807) is 0 Å². The molecule has 2 aromatic carbocycles. The Bertz CT molecular complexity index is 604. The molecule has 2 heteroatoms. The second-order valence-electron chi connectivity index (χ2n) is 5.43. The van der Waals surface area contributed by atoms with Gasteiger partial charge in [-0.15, -0.1) is 0 Å². The zero-order valence-corrected chi connectivity index (χ0v) is 11.6. The molecule has 98 valence electrons. The van der Waals surface area contributed by atoms with E-state index in [1.165, 1.54) is 35.3 Å². The minimum atomic E-state index is 0.525. The Hall–Kier alpha value is -1.96. The quantitative estimate of drug-likeness (QED) is 0.776. The molecule has 0 fully saturated rings. The van der Waals surface area contributed by atoms with Gasteiger partial charge in [-0.2, -0.15) is 0 Å². The molecule has 2 aromatic rings. The molecule has 2 nitrogen and oxygen atoms in total. The van der Waals surface area contributed by atoms with Crippen molar-refractivity contribution in [2.75, 3.05) is 10.6 Å². The number of hydrogen-bond donors (Lipinski definition) is 1. The van der Waals surface area contributed by atoms with E-state index in [1.807, 2.05) is 6.07 Å². The summed E-state index contributed by atoms with van der Waals surface area (Å²) in [4.78, 5) is 2.45. The third-order valence-corrected chi connectivity index (χ3v) is 4.00. The van der Waals surface area contributed by atoms with Crippen LogP contribution in [-0.4, -0.2) is 6.04 Å². The van der Waals surface area contributed by atoms with Crippen LogP contribution in [0.4, 0.5) is 17.1 Å². The lowest BCUT2D eigenvalue weighted by atomic mass is 9.95. The van der Waals surface area contributed by atoms with Crippen molar-refractivity contribution < 1.29 is 0 Å². The van der Waals surface area contributed by atoms with Gasteiger partial charge < -0.3 is 10.6 Å². The fraction of sp³-hybridized carbons (Fsp3) is 0.294. The van der Waals surface area contributed by atoms with Crippen LogP contribution in [0.25, 0.3) is 0 Å². The molecule has 1 unspecified atom stereocenters. The van der Waals surface area contributed by atoms with Crippen LogP contribution in [0.3, 0.4) is 0 Å². The van der Waals surface area contributed by atoms with Gasteiger partial charge in [-0.3, -0.25) is 0 Å². The Balaban J connectivity index is 2.13. The van der Waals surface area contributed by atoms with E-state index in [9.17, 15) is 0 Å². The van der Waals surface area contributed by atoms with Gasteiger partial charge in [0.05, 0.1) is 0 Å². The van der Waals surface area contributed by atoms with Gasteiger partial charge in [0.1, 0.15) is 0 Å². The molecule has 0 aromatic heterocycles. The Morgan fingerprint density at radius 3 is 2.68 bits per heavy atom. The zero-order chi connectivity index (χ0) is 13.4. The summed E-state index contributed by atoms with van der Waals surface area (Å²) in [7, 11) is 0. The monoisotopic (exact) mass is 252 g/mol. The molecule has 0 amide bonds. The minimum Gasteiger partial charge on any atom is -0.399 e. The number of aryl methyl sites for hydroxylation is 2. The van der Waals surface area contributed by atoms with E-state index < -0.39 is 0 Å². The minimum absolute atomic E-state index is 0.525. The molecule has 2 N–H and O–H groups in total. The van der Waals surface area contributed by atoms with Gasteiger partial charge in [0.15, 0.2) is 0 Å². The Kier molecular flexibility index (Phi) is 2.94. The van der Waals surface area contributed by atoms with E-state index in [0.717, 1.165) is 5.69 Å².